The molecule has 2 N–H and O–H groups in total. The number of carbonyl (C=O) groups excluding carboxylic acids is 1. The predicted molar refractivity (Wildman–Crippen MR) is 119 cm³/mol. The molecule has 148 valence electrons. The molecular weight excluding hydrogens is 408 g/mol. The zero-order valence-electron chi connectivity index (χ0n) is 15.8. The average Bonchev–Trinajstić information content (AvgIpc) is 3.26. The number of aliphatic imine (C=N–C) groups is 1. The summed E-state index contributed by atoms with van der Waals surface area (Å²) >= 11 is 7.08. The number of nitrogens with zero attached hydrogens (tertiary/aromatic N) is 1. The van der Waals surface area contributed by atoms with Crippen molar-refractivity contribution in [2.45, 2.75) is 19.9 Å². The van der Waals surface area contributed by atoms with Crippen LogP contribution < -0.4 is 5.32 Å². The number of anilines is 1. The van der Waals surface area contributed by atoms with Crippen LogP contribution in [0.5, 0.6) is 0 Å². The van der Waals surface area contributed by atoms with Gasteiger partial charge < -0.3 is 10.4 Å². The number of allylic oxidation sites excluding steroid dienone is 3. The van der Waals surface area contributed by atoms with E-state index in [2.05, 4.69) is 10.3 Å². The molecule has 1 amide bonds. The van der Waals surface area contributed by atoms with E-state index in [0.29, 0.717) is 16.1 Å². The Labute approximate surface area is 177 Å². The Morgan fingerprint density at radius 1 is 1.24 bits per heavy atom. The summed E-state index contributed by atoms with van der Waals surface area (Å²) in [5, 5.41) is 15.0. The highest BCUT2D eigenvalue weighted by Crippen LogP contribution is 2.36. The van der Waals surface area contributed by atoms with Gasteiger partial charge in [0.25, 0.3) is 5.91 Å². The smallest absolute Gasteiger partial charge is 0.339 e. The largest absolute Gasteiger partial charge is 0.478 e. The van der Waals surface area contributed by atoms with Crippen molar-refractivity contribution in [2.24, 2.45) is 4.99 Å². The maximum atomic E-state index is 12.7. The van der Waals surface area contributed by atoms with E-state index < -0.39 is 11.9 Å². The van der Waals surface area contributed by atoms with E-state index in [1.165, 1.54) is 0 Å². The fraction of sp³-hybridized carbons (Fsp3) is 0.136. The molecule has 1 unspecified atom stereocenters. The van der Waals surface area contributed by atoms with Gasteiger partial charge in [0.2, 0.25) is 0 Å². The fourth-order valence-electron chi connectivity index (χ4n) is 2.86. The topological polar surface area (TPSA) is 78.8 Å². The molecule has 5 nitrogen and oxygen atoms in total. The van der Waals surface area contributed by atoms with E-state index in [9.17, 15) is 14.7 Å². The first-order chi connectivity index (χ1) is 13.9. The predicted octanol–water partition coefficient (Wildman–Crippen LogP) is 5.61. The molecule has 0 radical (unpaired) electrons. The molecular formula is C22H19ClN2O3S. The summed E-state index contributed by atoms with van der Waals surface area (Å²) in [6, 6.07) is 6.75. The van der Waals surface area contributed by atoms with Gasteiger partial charge in [-0.25, -0.2) is 4.79 Å². The molecule has 0 bridgehead atoms. The van der Waals surface area contributed by atoms with Crippen molar-refractivity contribution in [1.82, 2.24) is 0 Å². The number of halogens is 1. The van der Waals surface area contributed by atoms with E-state index >= 15 is 0 Å². The molecule has 29 heavy (non-hydrogen) atoms. The van der Waals surface area contributed by atoms with Gasteiger partial charge in [0.1, 0.15) is 16.3 Å². The van der Waals surface area contributed by atoms with Crippen LogP contribution >= 0.6 is 22.9 Å². The minimum Gasteiger partial charge on any atom is -0.478 e. The second-order valence-electron chi connectivity index (χ2n) is 6.34. The Hall–Kier alpha value is -2.96. The Morgan fingerprint density at radius 2 is 1.97 bits per heavy atom. The van der Waals surface area contributed by atoms with Gasteiger partial charge in [-0.2, -0.15) is 0 Å². The highest BCUT2D eigenvalue weighted by Gasteiger charge is 2.24. The monoisotopic (exact) mass is 426 g/mol. The van der Waals surface area contributed by atoms with E-state index in [1.807, 2.05) is 38.2 Å². The molecule has 0 spiro atoms. The number of hydrogen-bond donors (Lipinski definition) is 2. The second kappa shape index (κ2) is 9.03. The van der Waals surface area contributed by atoms with Gasteiger partial charge in [-0.1, -0.05) is 48.0 Å². The van der Waals surface area contributed by atoms with Gasteiger partial charge in [0, 0.05) is 16.0 Å². The molecule has 3 rings (SSSR count). The van der Waals surface area contributed by atoms with Gasteiger partial charge in [0.15, 0.2) is 0 Å². The Kier molecular flexibility index (Phi) is 6.46. The van der Waals surface area contributed by atoms with E-state index in [-0.39, 0.29) is 22.3 Å². The lowest BCUT2D eigenvalue weighted by atomic mass is 10.0. The summed E-state index contributed by atoms with van der Waals surface area (Å²) in [7, 11) is 0. The average molecular weight is 427 g/mol. The lowest BCUT2D eigenvalue weighted by molar-refractivity contribution is -0.110. The molecule has 0 saturated carbocycles. The summed E-state index contributed by atoms with van der Waals surface area (Å²) in [6.45, 7) is 3.82. The van der Waals surface area contributed by atoms with Crippen molar-refractivity contribution in [3.8, 4) is 11.1 Å². The van der Waals surface area contributed by atoms with Crippen molar-refractivity contribution in [3.05, 3.63) is 76.2 Å². The number of amides is 1. The molecule has 2 heterocycles. The number of benzene rings is 1. The number of hydrogen-bond acceptors (Lipinski definition) is 4. The van der Waals surface area contributed by atoms with Gasteiger partial charge in [0.05, 0.1) is 6.04 Å². The van der Waals surface area contributed by atoms with Crippen molar-refractivity contribution in [2.75, 3.05) is 5.32 Å². The molecule has 2 aromatic rings. The normalized spacial score (nSPS) is 16.3. The number of carboxylic acids is 1. The van der Waals surface area contributed by atoms with Crippen molar-refractivity contribution >= 4 is 45.5 Å². The number of carbonyl (C=O) groups is 2. The van der Waals surface area contributed by atoms with Gasteiger partial charge in [-0.05, 0) is 43.2 Å². The van der Waals surface area contributed by atoms with Gasteiger partial charge in [-0.15, -0.1) is 11.3 Å². The molecule has 1 aromatic carbocycles. The van der Waals surface area contributed by atoms with Crippen LogP contribution in [-0.4, -0.2) is 28.7 Å². The summed E-state index contributed by atoms with van der Waals surface area (Å²) in [4.78, 5) is 28.9. The third-order valence-electron chi connectivity index (χ3n) is 4.33. The van der Waals surface area contributed by atoms with Crippen molar-refractivity contribution < 1.29 is 14.7 Å². The Balaban J connectivity index is 1.85. The van der Waals surface area contributed by atoms with E-state index in [0.717, 1.165) is 16.9 Å². The Bertz CT molecular complexity index is 1060. The van der Waals surface area contributed by atoms with E-state index in [1.54, 1.807) is 35.7 Å². The standard InChI is InChI=1S/C22H19ClN2O3S/c1-3-4-5-6-15-11-18(24-13(15)2)20(26)25-21-19(22(27)28)17(12-29-21)14-7-9-16(23)10-8-14/h3-13H,1-2H3,(H,25,26)(H,27,28)/b4-3-,6-5-. The molecule has 0 fully saturated rings. The molecule has 1 aromatic heterocycles. The number of aromatic carboxylic acids is 1. The van der Waals surface area contributed by atoms with Crippen LogP contribution in [0.3, 0.4) is 0 Å². The summed E-state index contributed by atoms with van der Waals surface area (Å²) in [5.41, 5.74) is 2.48. The van der Waals surface area contributed by atoms with E-state index in [4.69, 9.17) is 11.6 Å². The Morgan fingerprint density at radius 3 is 2.62 bits per heavy atom. The molecule has 0 aliphatic carbocycles. The highest BCUT2D eigenvalue weighted by atomic mass is 35.5. The molecule has 1 atom stereocenters. The summed E-state index contributed by atoms with van der Waals surface area (Å²) in [5.74, 6) is -1.54. The first kappa shape index (κ1) is 20.8. The van der Waals surface area contributed by atoms with Crippen LogP contribution in [0.15, 0.2) is 70.6 Å². The zero-order valence-corrected chi connectivity index (χ0v) is 17.4. The lowest BCUT2D eigenvalue weighted by Crippen LogP contribution is -2.21. The third-order valence-corrected chi connectivity index (χ3v) is 5.48. The van der Waals surface area contributed by atoms with Crippen LogP contribution in [0.2, 0.25) is 5.02 Å². The molecule has 1 aliphatic rings. The quantitative estimate of drug-likeness (QED) is 0.589. The maximum absolute atomic E-state index is 12.7. The van der Waals surface area contributed by atoms with Crippen LogP contribution in [0.25, 0.3) is 11.1 Å². The minimum atomic E-state index is -1.11. The van der Waals surface area contributed by atoms with Crippen molar-refractivity contribution in [1.29, 1.82) is 0 Å². The summed E-state index contributed by atoms with van der Waals surface area (Å²) < 4.78 is 0. The molecule has 7 heteroatoms. The fourth-order valence-corrected chi connectivity index (χ4v) is 3.94. The minimum absolute atomic E-state index is 0.0505. The van der Waals surface area contributed by atoms with Crippen molar-refractivity contribution in [3.63, 3.8) is 0 Å². The number of carboxylic acid groups (broad SMARTS) is 1. The first-order valence-corrected chi connectivity index (χ1v) is 10.2. The third kappa shape index (κ3) is 4.72. The van der Waals surface area contributed by atoms with Gasteiger partial charge >= 0.3 is 5.97 Å². The number of thiophene rings is 1. The van der Waals surface area contributed by atoms with Crippen LogP contribution in [0.4, 0.5) is 5.00 Å². The van der Waals surface area contributed by atoms with Crippen LogP contribution in [0.1, 0.15) is 24.2 Å². The van der Waals surface area contributed by atoms with Crippen LogP contribution in [0, 0.1) is 0 Å². The second-order valence-corrected chi connectivity index (χ2v) is 7.66. The molecule has 0 saturated heterocycles. The van der Waals surface area contributed by atoms with Gasteiger partial charge in [-0.3, -0.25) is 9.79 Å². The maximum Gasteiger partial charge on any atom is 0.339 e. The number of rotatable bonds is 6. The molecule has 1 aliphatic heterocycles. The number of nitrogens with one attached hydrogen (secondary N) is 1. The highest BCUT2D eigenvalue weighted by molar-refractivity contribution is 7.15. The SMILES string of the molecule is C/C=C\C=C/C1=CC(C(=O)Nc2scc(-c3ccc(Cl)cc3)c2C(=O)O)=NC1C. The summed E-state index contributed by atoms with van der Waals surface area (Å²) in [6.07, 6.45) is 9.32. The first-order valence-electron chi connectivity index (χ1n) is 8.91. The lowest BCUT2D eigenvalue weighted by Gasteiger charge is -2.05. The zero-order chi connectivity index (χ0) is 21.0. The van der Waals surface area contributed by atoms with Crippen LogP contribution in [-0.2, 0) is 4.79 Å².